The number of aromatic nitrogens is 4. The molecular weight excluding hydrogens is 402 g/mol. The third-order valence-corrected chi connectivity index (χ3v) is 7.62. The van der Waals surface area contributed by atoms with Gasteiger partial charge >= 0.3 is 0 Å². The summed E-state index contributed by atoms with van der Waals surface area (Å²) in [6.45, 7) is 5.73. The second kappa shape index (κ2) is 7.08. The number of rotatable bonds is 5. The maximum absolute atomic E-state index is 13.1. The molecular formula is C24H29N7O. The summed E-state index contributed by atoms with van der Waals surface area (Å²) in [7, 11) is 4.09. The monoisotopic (exact) mass is 431 g/mol. The van der Waals surface area contributed by atoms with Crippen molar-refractivity contribution in [3.05, 3.63) is 36.9 Å². The van der Waals surface area contributed by atoms with E-state index in [0.717, 1.165) is 74.0 Å². The molecule has 2 bridgehead atoms. The second-order valence-corrected chi connectivity index (χ2v) is 10.2. The summed E-state index contributed by atoms with van der Waals surface area (Å²) in [5.41, 5.74) is 3.02. The Morgan fingerprint density at radius 3 is 2.50 bits per heavy atom. The lowest BCUT2D eigenvalue weighted by Crippen LogP contribution is -2.70. The third-order valence-electron chi connectivity index (χ3n) is 7.62. The Labute approximate surface area is 187 Å². The van der Waals surface area contributed by atoms with Crippen LogP contribution in [0.5, 0.6) is 0 Å². The molecule has 3 saturated carbocycles. The molecule has 0 spiro atoms. The number of pyridine rings is 2. The topological polar surface area (TPSA) is 79.2 Å². The van der Waals surface area contributed by atoms with Crippen molar-refractivity contribution in [1.82, 2.24) is 29.5 Å². The molecule has 1 amide bonds. The zero-order valence-electron chi connectivity index (χ0n) is 18.7. The van der Waals surface area contributed by atoms with Gasteiger partial charge in [0.25, 0.3) is 0 Å². The molecule has 8 nitrogen and oxygen atoms in total. The van der Waals surface area contributed by atoms with Crippen LogP contribution in [-0.4, -0.2) is 75.2 Å². The highest BCUT2D eigenvalue weighted by atomic mass is 16.2. The van der Waals surface area contributed by atoms with E-state index in [-0.39, 0.29) is 11.3 Å². The Kier molecular flexibility index (Phi) is 4.39. The van der Waals surface area contributed by atoms with Gasteiger partial charge in [0.2, 0.25) is 5.91 Å². The fraction of sp³-hybridized carbons (Fsp3) is 0.500. The van der Waals surface area contributed by atoms with E-state index in [1.54, 1.807) is 10.9 Å². The van der Waals surface area contributed by atoms with Crippen LogP contribution in [0.15, 0.2) is 36.9 Å². The van der Waals surface area contributed by atoms with E-state index in [1.807, 2.05) is 31.7 Å². The molecule has 166 valence electrons. The lowest BCUT2D eigenvalue weighted by Gasteiger charge is -2.70. The predicted octanol–water partition coefficient (Wildman–Crippen LogP) is 2.39. The Morgan fingerprint density at radius 2 is 1.78 bits per heavy atom. The smallest absolute Gasteiger partial charge is 0.231 e. The maximum Gasteiger partial charge on any atom is 0.231 e. The molecule has 0 radical (unpaired) electrons. The van der Waals surface area contributed by atoms with Gasteiger partial charge in [-0.05, 0) is 43.9 Å². The maximum atomic E-state index is 13.1. The Hall–Kier alpha value is -2.84. The lowest BCUT2D eigenvalue weighted by molar-refractivity contribution is -0.210. The number of piperazine rings is 1. The van der Waals surface area contributed by atoms with Crippen molar-refractivity contribution >= 4 is 22.6 Å². The van der Waals surface area contributed by atoms with E-state index in [1.165, 1.54) is 0 Å². The predicted molar refractivity (Wildman–Crippen MR) is 123 cm³/mol. The van der Waals surface area contributed by atoms with Crippen molar-refractivity contribution in [3.8, 4) is 11.1 Å². The average molecular weight is 432 g/mol. The van der Waals surface area contributed by atoms with Crippen molar-refractivity contribution in [3.63, 3.8) is 0 Å². The largest absolute Gasteiger partial charge is 0.310 e. The molecule has 32 heavy (non-hydrogen) atoms. The average Bonchev–Trinajstić information content (AvgIpc) is 3.16. The SMILES string of the molecule is CN1CCN(CC23CC(C(=O)Nc4cc5cc(-c6cnn(C)c6)cnc5cn4)(C2)C3)CC1. The van der Waals surface area contributed by atoms with Gasteiger partial charge in [-0.2, -0.15) is 5.10 Å². The van der Waals surface area contributed by atoms with Gasteiger partial charge in [0.05, 0.1) is 23.3 Å². The van der Waals surface area contributed by atoms with Gasteiger partial charge in [-0.1, -0.05) is 0 Å². The molecule has 4 fully saturated rings. The van der Waals surface area contributed by atoms with Crippen LogP contribution < -0.4 is 5.32 Å². The minimum atomic E-state index is -0.182. The van der Waals surface area contributed by atoms with E-state index >= 15 is 0 Å². The summed E-state index contributed by atoms with van der Waals surface area (Å²) >= 11 is 0. The van der Waals surface area contributed by atoms with E-state index < -0.39 is 0 Å². The van der Waals surface area contributed by atoms with Crippen LogP contribution in [0.4, 0.5) is 5.82 Å². The number of likely N-dealkylation sites (N-methyl/N-ethyl adjacent to an activating group) is 1. The van der Waals surface area contributed by atoms with Crippen molar-refractivity contribution in [2.75, 3.05) is 45.1 Å². The van der Waals surface area contributed by atoms with Crippen molar-refractivity contribution in [2.45, 2.75) is 19.3 Å². The fourth-order valence-corrected chi connectivity index (χ4v) is 5.96. The molecule has 8 heteroatoms. The van der Waals surface area contributed by atoms with Crippen LogP contribution in [0.25, 0.3) is 22.0 Å². The fourth-order valence-electron chi connectivity index (χ4n) is 5.96. The van der Waals surface area contributed by atoms with Gasteiger partial charge in [-0.15, -0.1) is 0 Å². The second-order valence-electron chi connectivity index (χ2n) is 10.2. The van der Waals surface area contributed by atoms with Crippen LogP contribution >= 0.6 is 0 Å². The molecule has 4 heterocycles. The third kappa shape index (κ3) is 3.29. The standard InChI is InChI=1S/C24H29N7O/c1-29-3-5-31(6-4-29)16-23-13-24(14-23,15-23)22(32)28-21-8-17-7-18(9-25-20(17)11-26-21)19-10-27-30(2)12-19/h7-12H,3-6,13-16H2,1-2H3,(H,26,28,32). The Balaban J connectivity index is 1.11. The van der Waals surface area contributed by atoms with Crippen LogP contribution in [-0.2, 0) is 11.8 Å². The Bertz CT molecular complexity index is 1170. The highest BCUT2D eigenvalue weighted by molar-refractivity contribution is 5.98. The van der Waals surface area contributed by atoms with Crippen LogP contribution in [0.3, 0.4) is 0 Å². The minimum absolute atomic E-state index is 0.126. The van der Waals surface area contributed by atoms with Gasteiger partial charge in [-0.25, -0.2) is 4.98 Å². The molecule has 0 unspecified atom stereocenters. The molecule has 3 aromatic heterocycles. The van der Waals surface area contributed by atoms with Crippen LogP contribution in [0.2, 0.25) is 0 Å². The van der Waals surface area contributed by atoms with Crippen molar-refractivity contribution < 1.29 is 4.79 Å². The Morgan fingerprint density at radius 1 is 1.00 bits per heavy atom. The van der Waals surface area contributed by atoms with Crippen LogP contribution in [0.1, 0.15) is 19.3 Å². The summed E-state index contributed by atoms with van der Waals surface area (Å²) in [6.07, 6.45) is 10.4. The highest BCUT2D eigenvalue weighted by Gasteiger charge is 2.71. The number of carbonyl (C=O) groups is 1. The zero-order valence-corrected chi connectivity index (χ0v) is 18.7. The lowest BCUT2D eigenvalue weighted by atomic mass is 9.34. The van der Waals surface area contributed by atoms with Crippen molar-refractivity contribution in [2.24, 2.45) is 17.9 Å². The molecule has 0 aromatic carbocycles. The summed E-state index contributed by atoms with van der Waals surface area (Å²) in [5, 5.41) is 8.29. The summed E-state index contributed by atoms with van der Waals surface area (Å²) in [4.78, 5) is 27.0. The number of hydrogen-bond donors (Lipinski definition) is 1. The summed E-state index contributed by atoms with van der Waals surface area (Å²) in [5.74, 6) is 0.728. The first-order chi connectivity index (χ1) is 15.4. The van der Waals surface area contributed by atoms with Gasteiger partial charge in [0.1, 0.15) is 5.82 Å². The number of nitrogens with one attached hydrogen (secondary N) is 1. The van der Waals surface area contributed by atoms with Gasteiger partial charge in [0, 0.05) is 68.7 Å². The molecule has 1 aliphatic heterocycles. The number of hydrogen-bond acceptors (Lipinski definition) is 6. The molecule has 7 rings (SSSR count). The first-order valence-electron chi connectivity index (χ1n) is 11.4. The number of carbonyl (C=O) groups excluding carboxylic acids is 1. The minimum Gasteiger partial charge on any atom is -0.310 e. The first kappa shape index (κ1) is 19.8. The quantitative estimate of drug-likeness (QED) is 0.668. The highest BCUT2D eigenvalue weighted by Crippen LogP contribution is 2.73. The van der Waals surface area contributed by atoms with Crippen LogP contribution in [0, 0.1) is 10.8 Å². The molecule has 4 aliphatic rings. The van der Waals surface area contributed by atoms with E-state index in [4.69, 9.17) is 0 Å². The number of fused-ring (bicyclic) bond motifs is 1. The van der Waals surface area contributed by atoms with E-state index in [2.05, 4.69) is 43.3 Å². The number of aryl methyl sites for hydroxylation is 1. The number of anilines is 1. The molecule has 3 aliphatic carbocycles. The van der Waals surface area contributed by atoms with Gasteiger partial charge < -0.3 is 15.1 Å². The summed E-state index contributed by atoms with van der Waals surface area (Å²) < 4.78 is 1.78. The number of nitrogens with zero attached hydrogens (tertiary/aromatic N) is 6. The first-order valence-corrected chi connectivity index (χ1v) is 11.4. The molecule has 3 aromatic rings. The zero-order chi connectivity index (χ0) is 21.9. The van der Waals surface area contributed by atoms with Gasteiger partial charge in [0.15, 0.2) is 0 Å². The van der Waals surface area contributed by atoms with E-state index in [0.29, 0.717) is 11.2 Å². The number of amides is 1. The van der Waals surface area contributed by atoms with Crippen molar-refractivity contribution in [1.29, 1.82) is 0 Å². The molecule has 0 atom stereocenters. The molecule has 1 N–H and O–H groups in total. The normalized spacial score (nSPS) is 27.7. The van der Waals surface area contributed by atoms with Gasteiger partial charge in [-0.3, -0.25) is 14.5 Å². The molecule has 1 saturated heterocycles. The summed E-state index contributed by atoms with van der Waals surface area (Å²) in [6, 6.07) is 3.99. The van der Waals surface area contributed by atoms with E-state index in [9.17, 15) is 4.79 Å².